The lowest BCUT2D eigenvalue weighted by Crippen LogP contribution is -2.19. The van der Waals surface area contributed by atoms with Crippen molar-refractivity contribution in [2.24, 2.45) is 0 Å². The largest absolute Gasteiger partial charge is 0.299 e. The minimum absolute atomic E-state index is 0.136. The molecule has 0 N–H and O–H groups in total. The number of nitrogens with zero attached hydrogens (tertiary/aromatic N) is 1. The summed E-state index contributed by atoms with van der Waals surface area (Å²) < 4.78 is 13.1. The molecule has 0 bridgehead atoms. The average Bonchev–Trinajstić information content (AvgIpc) is 2.54. The Hall–Kier alpha value is -2.00. The van der Waals surface area contributed by atoms with Gasteiger partial charge in [-0.1, -0.05) is 30.3 Å². The number of hydrogen-bond donors (Lipinski definition) is 0. The zero-order chi connectivity index (χ0) is 16.4. The molecule has 4 heteroatoms. The second-order valence-electron chi connectivity index (χ2n) is 5.84. The molecular weight excluding hydrogens is 313 g/mol. The standard InChI is InChI=1S/C19H17ClFNO/c1-12-4-8-15(16-3-2-10-22-19(12)16)18(23)9-6-13-5-7-14(21)11-17(13)20/h2-3,5,7,10-11,15H,1,4,6,8-9H2. The van der Waals surface area contributed by atoms with Crippen molar-refractivity contribution in [3.05, 3.63) is 70.8 Å². The van der Waals surface area contributed by atoms with Crippen LogP contribution in [0, 0.1) is 5.82 Å². The SMILES string of the molecule is C=C1CCC(C(=O)CCc2ccc(F)cc2Cl)c2cccnc21. The summed E-state index contributed by atoms with van der Waals surface area (Å²) in [6, 6.07) is 8.11. The minimum Gasteiger partial charge on any atom is -0.299 e. The summed E-state index contributed by atoms with van der Waals surface area (Å²) in [6.07, 6.45) is 4.20. The van der Waals surface area contributed by atoms with Gasteiger partial charge in [-0.15, -0.1) is 0 Å². The lowest BCUT2D eigenvalue weighted by atomic mass is 9.80. The molecule has 0 radical (unpaired) electrons. The van der Waals surface area contributed by atoms with Crippen LogP contribution in [0.5, 0.6) is 0 Å². The van der Waals surface area contributed by atoms with Crippen LogP contribution in [0.15, 0.2) is 43.1 Å². The third-order valence-electron chi connectivity index (χ3n) is 4.33. The zero-order valence-electron chi connectivity index (χ0n) is 12.7. The van der Waals surface area contributed by atoms with Crippen molar-refractivity contribution in [3.63, 3.8) is 0 Å². The molecule has 23 heavy (non-hydrogen) atoms. The van der Waals surface area contributed by atoms with Crippen LogP contribution < -0.4 is 0 Å². The lowest BCUT2D eigenvalue weighted by Gasteiger charge is -2.25. The third kappa shape index (κ3) is 3.35. The van der Waals surface area contributed by atoms with Gasteiger partial charge in [0, 0.05) is 23.6 Å². The van der Waals surface area contributed by atoms with Crippen LogP contribution in [0.1, 0.15) is 42.0 Å². The van der Waals surface area contributed by atoms with Crippen molar-refractivity contribution < 1.29 is 9.18 Å². The van der Waals surface area contributed by atoms with Gasteiger partial charge in [-0.05, 0) is 54.2 Å². The molecule has 0 spiro atoms. The van der Waals surface area contributed by atoms with Crippen molar-refractivity contribution in [2.75, 3.05) is 0 Å². The molecule has 118 valence electrons. The number of allylic oxidation sites excluding steroid dienone is 1. The van der Waals surface area contributed by atoms with Crippen LogP contribution in [0.2, 0.25) is 5.02 Å². The lowest BCUT2D eigenvalue weighted by molar-refractivity contribution is -0.120. The maximum Gasteiger partial charge on any atom is 0.140 e. The van der Waals surface area contributed by atoms with Gasteiger partial charge in [-0.3, -0.25) is 9.78 Å². The van der Waals surface area contributed by atoms with E-state index >= 15 is 0 Å². The molecule has 0 aliphatic heterocycles. The first-order valence-electron chi connectivity index (χ1n) is 7.66. The first kappa shape index (κ1) is 15.9. The number of ketones is 1. The topological polar surface area (TPSA) is 30.0 Å². The van der Waals surface area contributed by atoms with Crippen molar-refractivity contribution in [1.82, 2.24) is 4.98 Å². The smallest absolute Gasteiger partial charge is 0.140 e. The van der Waals surface area contributed by atoms with Gasteiger partial charge in [-0.25, -0.2) is 4.39 Å². The number of aryl methyl sites for hydroxylation is 1. The van der Waals surface area contributed by atoms with Gasteiger partial charge in [0.25, 0.3) is 0 Å². The Kier molecular flexibility index (Phi) is 4.58. The Morgan fingerprint density at radius 2 is 2.22 bits per heavy atom. The van der Waals surface area contributed by atoms with E-state index in [1.54, 1.807) is 12.3 Å². The van der Waals surface area contributed by atoms with Crippen LogP contribution in [-0.4, -0.2) is 10.8 Å². The highest BCUT2D eigenvalue weighted by Crippen LogP contribution is 2.37. The summed E-state index contributed by atoms with van der Waals surface area (Å²) in [4.78, 5) is 17.0. The predicted octanol–water partition coefficient (Wildman–Crippen LogP) is 4.97. The van der Waals surface area contributed by atoms with E-state index in [9.17, 15) is 9.18 Å². The number of halogens is 2. The summed E-state index contributed by atoms with van der Waals surface area (Å²) >= 11 is 6.03. The van der Waals surface area contributed by atoms with Gasteiger partial charge in [0.05, 0.1) is 5.69 Å². The van der Waals surface area contributed by atoms with Gasteiger partial charge in [0.2, 0.25) is 0 Å². The molecule has 2 nitrogen and oxygen atoms in total. The van der Waals surface area contributed by atoms with E-state index in [0.29, 0.717) is 17.9 Å². The van der Waals surface area contributed by atoms with Crippen molar-refractivity contribution >= 4 is 23.0 Å². The number of pyridine rings is 1. The Morgan fingerprint density at radius 3 is 3.00 bits per heavy atom. The van der Waals surface area contributed by atoms with E-state index in [2.05, 4.69) is 11.6 Å². The predicted molar refractivity (Wildman–Crippen MR) is 90.0 cm³/mol. The summed E-state index contributed by atoms with van der Waals surface area (Å²) in [5.74, 6) is -0.327. The van der Waals surface area contributed by atoms with E-state index in [-0.39, 0.29) is 17.5 Å². The molecule has 1 heterocycles. The normalized spacial score (nSPS) is 17.0. The summed E-state index contributed by atoms with van der Waals surface area (Å²) in [7, 11) is 0. The van der Waals surface area contributed by atoms with E-state index < -0.39 is 0 Å². The van der Waals surface area contributed by atoms with Gasteiger partial charge in [-0.2, -0.15) is 0 Å². The fraction of sp³-hybridized carbons (Fsp3) is 0.263. The molecule has 1 aromatic carbocycles. The fourth-order valence-electron chi connectivity index (χ4n) is 3.08. The Labute approximate surface area is 140 Å². The maximum absolute atomic E-state index is 13.1. The van der Waals surface area contributed by atoms with Gasteiger partial charge >= 0.3 is 0 Å². The number of Topliss-reactive ketones (excluding diaryl/α,β-unsaturated/α-hetero) is 1. The van der Waals surface area contributed by atoms with Crippen LogP contribution >= 0.6 is 11.6 Å². The monoisotopic (exact) mass is 329 g/mol. The molecule has 0 fully saturated rings. The highest BCUT2D eigenvalue weighted by Gasteiger charge is 2.28. The second kappa shape index (κ2) is 6.63. The molecule has 0 saturated heterocycles. The van der Waals surface area contributed by atoms with Crippen molar-refractivity contribution in [1.29, 1.82) is 0 Å². The van der Waals surface area contributed by atoms with Crippen LogP contribution in [0.3, 0.4) is 0 Å². The highest BCUT2D eigenvalue weighted by atomic mass is 35.5. The molecule has 2 aromatic rings. The summed E-state index contributed by atoms with van der Waals surface area (Å²) in [5.41, 5.74) is 3.62. The molecule has 1 aromatic heterocycles. The molecule has 1 aliphatic rings. The maximum atomic E-state index is 13.1. The molecule has 1 atom stereocenters. The molecular formula is C19H17ClFNO. The van der Waals surface area contributed by atoms with E-state index in [1.807, 2.05) is 12.1 Å². The highest BCUT2D eigenvalue weighted by molar-refractivity contribution is 6.31. The van der Waals surface area contributed by atoms with Gasteiger partial charge in [0.15, 0.2) is 0 Å². The fourth-order valence-corrected chi connectivity index (χ4v) is 3.34. The zero-order valence-corrected chi connectivity index (χ0v) is 13.4. The molecule has 3 rings (SSSR count). The number of benzene rings is 1. The van der Waals surface area contributed by atoms with Crippen LogP contribution in [-0.2, 0) is 11.2 Å². The quantitative estimate of drug-likeness (QED) is 0.793. The minimum atomic E-state index is -0.365. The second-order valence-corrected chi connectivity index (χ2v) is 6.25. The van der Waals surface area contributed by atoms with E-state index in [1.165, 1.54) is 12.1 Å². The molecule has 0 saturated carbocycles. The Morgan fingerprint density at radius 1 is 1.39 bits per heavy atom. The molecule has 1 unspecified atom stereocenters. The van der Waals surface area contributed by atoms with Gasteiger partial charge in [0.1, 0.15) is 11.6 Å². The first-order chi connectivity index (χ1) is 11.1. The van der Waals surface area contributed by atoms with Crippen LogP contribution in [0.4, 0.5) is 4.39 Å². The Balaban J connectivity index is 1.74. The Bertz CT molecular complexity index is 772. The van der Waals surface area contributed by atoms with E-state index in [4.69, 9.17) is 11.6 Å². The summed E-state index contributed by atoms with van der Waals surface area (Å²) in [6.45, 7) is 4.04. The molecule has 1 aliphatic carbocycles. The number of carbonyl (C=O) groups is 1. The number of aromatic nitrogens is 1. The van der Waals surface area contributed by atoms with E-state index in [0.717, 1.165) is 35.2 Å². The number of carbonyl (C=O) groups excluding carboxylic acids is 1. The number of rotatable bonds is 4. The molecule has 0 amide bonds. The van der Waals surface area contributed by atoms with Crippen molar-refractivity contribution in [2.45, 2.75) is 31.6 Å². The average molecular weight is 330 g/mol. The van der Waals surface area contributed by atoms with Gasteiger partial charge < -0.3 is 0 Å². The first-order valence-corrected chi connectivity index (χ1v) is 8.04. The summed E-state index contributed by atoms with van der Waals surface area (Å²) in [5, 5.41) is 0.372. The van der Waals surface area contributed by atoms with Crippen LogP contribution in [0.25, 0.3) is 5.57 Å². The third-order valence-corrected chi connectivity index (χ3v) is 4.68. The van der Waals surface area contributed by atoms with Crippen molar-refractivity contribution in [3.8, 4) is 0 Å². The number of hydrogen-bond acceptors (Lipinski definition) is 2. The number of fused-ring (bicyclic) bond motifs is 1.